The van der Waals surface area contributed by atoms with E-state index in [2.05, 4.69) is 18.2 Å². The van der Waals surface area contributed by atoms with Gasteiger partial charge in [0.05, 0.1) is 0 Å². The van der Waals surface area contributed by atoms with Gasteiger partial charge in [-0.15, -0.1) is 0 Å². The van der Waals surface area contributed by atoms with Gasteiger partial charge in [0.2, 0.25) is 0 Å². The molecule has 0 aliphatic carbocycles. The van der Waals surface area contributed by atoms with Gasteiger partial charge in [-0.3, -0.25) is 4.79 Å². The molecule has 0 aromatic heterocycles. The van der Waals surface area contributed by atoms with Crippen LogP contribution in [0.25, 0.3) is 0 Å². The maximum atomic E-state index is 10.6. The third kappa shape index (κ3) is 3.45. The molecule has 0 heterocycles. The van der Waals surface area contributed by atoms with Crippen molar-refractivity contribution in [2.45, 2.75) is 19.3 Å². The summed E-state index contributed by atoms with van der Waals surface area (Å²) in [6, 6.07) is 18.3. The maximum Gasteiger partial charge on any atom is 0.303 e. The Morgan fingerprint density at radius 3 is 2.17 bits per heavy atom. The minimum atomic E-state index is -0.746. The van der Waals surface area contributed by atoms with Crippen LogP contribution >= 0.6 is 0 Å². The van der Waals surface area contributed by atoms with E-state index in [1.165, 1.54) is 11.1 Å². The molecule has 0 saturated carbocycles. The average Bonchev–Trinajstić information content (AvgIpc) is 2.39. The first-order valence-electron chi connectivity index (χ1n) is 6.08. The molecule has 2 heteroatoms. The van der Waals surface area contributed by atoms with E-state index >= 15 is 0 Å². The van der Waals surface area contributed by atoms with Crippen molar-refractivity contribution in [3.63, 3.8) is 0 Å². The smallest absolute Gasteiger partial charge is 0.303 e. The lowest BCUT2D eigenvalue weighted by molar-refractivity contribution is -0.136. The lowest BCUT2D eigenvalue weighted by Crippen LogP contribution is -2.01. The van der Waals surface area contributed by atoms with Gasteiger partial charge in [0.15, 0.2) is 0 Å². The first-order chi connectivity index (χ1) is 8.75. The van der Waals surface area contributed by atoms with E-state index in [0.717, 1.165) is 12.0 Å². The van der Waals surface area contributed by atoms with Crippen molar-refractivity contribution in [1.82, 2.24) is 0 Å². The highest BCUT2D eigenvalue weighted by molar-refractivity contribution is 5.67. The van der Waals surface area contributed by atoms with Crippen LogP contribution in [0.4, 0.5) is 0 Å². The summed E-state index contributed by atoms with van der Waals surface area (Å²) < 4.78 is 0. The van der Waals surface area contributed by atoms with Crippen LogP contribution in [-0.4, -0.2) is 11.1 Å². The Hall–Kier alpha value is -2.09. The van der Waals surface area contributed by atoms with Crippen molar-refractivity contribution in [2.75, 3.05) is 0 Å². The first-order valence-corrected chi connectivity index (χ1v) is 6.08. The minimum absolute atomic E-state index is 0.186. The van der Waals surface area contributed by atoms with Gasteiger partial charge >= 0.3 is 5.97 Å². The Labute approximate surface area is 107 Å². The van der Waals surface area contributed by atoms with E-state index in [-0.39, 0.29) is 6.42 Å². The third-order valence-electron chi connectivity index (χ3n) is 2.96. The van der Waals surface area contributed by atoms with Gasteiger partial charge in [-0.05, 0) is 29.5 Å². The number of hydrogen-bond acceptors (Lipinski definition) is 1. The SMILES string of the molecule is O=C(O)CCc1ccccc1Cc1ccccc1. The summed E-state index contributed by atoms with van der Waals surface area (Å²) in [5.74, 6) is -0.746. The Morgan fingerprint density at radius 2 is 1.50 bits per heavy atom. The van der Waals surface area contributed by atoms with Gasteiger partial charge in [-0.25, -0.2) is 0 Å². The number of benzene rings is 2. The van der Waals surface area contributed by atoms with Gasteiger partial charge in [-0.1, -0.05) is 54.6 Å². The molecule has 0 spiro atoms. The zero-order valence-corrected chi connectivity index (χ0v) is 10.2. The minimum Gasteiger partial charge on any atom is -0.481 e. The molecule has 92 valence electrons. The van der Waals surface area contributed by atoms with Crippen molar-refractivity contribution in [2.24, 2.45) is 0 Å². The number of rotatable bonds is 5. The molecule has 18 heavy (non-hydrogen) atoms. The summed E-state index contributed by atoms with van der Waals surface area (Å²) in [6.45, 7) is 0. The second-order valence-electron chi connectivity index (χ2n) is 4.32. The number of aryl methyl sites for hydroxylation is 1. The number of carboxylic acid groups (broad SMARTS) is 1. The van der Waals surface area contributed by atoms with Crippen LogP contribution in [0.5, 0.6) is 0 Å². The van der Waals surface area contributed by atoms with Gasteiger partial charge in [0.1, 0.15) is 0 Å². The number of carboxylic acids is 1. The quantitative estimate of drug-likeness (QED) is 0.870. The highest BCUT2D eigenvalue weighted by Gasteiger charge is 2.05. The van der Waals surface area contributed by atoms with Crippen molar-refractivity contribution in [3.05, 3.63) is 71.3 Å². The van der Waals surface area contributed by atoms with Crippen LogP contribution in [0.15, 0.2) is 54.6 Å². The second kappa shape index (κ2) is 6.01. The van der Waals surface area contributed by atoms with Crippen molar-refractivity contribution in [1.29, 1.82) is 0 Å². The Balaban J connectivity index is 2.14. The summed E-state index contributed by atoms with van der Waals surface area (Å²) >= 11 is 0. The van der Waals surface area contributed by atoms with Crippen LogP contribution in [0.3, 0.4) is 0 Å². The Kier molecular flexibility index (Phi) is 4.13. The van der Waals surface area contributed by atoms with Crippen molar-refractivity contribution >= 4 is 5.97 Å². The molecule has 2 nitrogen and oxygen atoms in total. The van der Waals surface area contributed by atoms with Crippen LogP contribution < -0.4 is 0 Å². The molecular weight excluding hydrogens is 224 g/mol. The van der Waals surface area contributed by atoms with E-state index in [4.69, 9.17) is 5.11 Å². The number of aliphatic carboxylic acids is 1. The average molecular weight is 240 g/mol. The molecule has 0 aliphatic rings. The largest absolute Gasteiger partial charge is 0.481 e. The second-order valence-corrected chi connectivity index (χ2v) is 4.32. The molecule has 0 amide bonds. The molecule has 0 aliphatic heterocycles. The number of hydrogen-bond donors (Lipinski definition) is 1. The van der Waals surface area contributed by atoms with Crippen molar-refractivity contribution < 1.29 is 9.90 Å². The fourth-order valence-electron chi connectivity index (χ4n) is 2.03. The number of carbonyl (C=O) groups is 1. The van der Waals surface area contributed by atoms with Gasteiger partial charge < -0.3 is 5.11 Å². The van der Waals surface area contributed by atoms with E-state index in [1.54, 1.807) is 0 Å². The highest BCUT2D eigenvalue weighted by atomic mass is 16.4. The van der Waals surface area contributed by atoms with Crippen LogP contribution in [-0.2, 0) is 17.6 Å². The summed E-state index contributed by atoms with van der Waals surface area (Å²) in [7, 11) is 0. The summed E-state index contributed by atoms with van der Waals surface area (Å²) in [4.78, 5) is 10.6. The van der Waals surface area contributed by atoms with E-state index < -0.39 is 5.97 Å². The lowest BCUT2D eigenvalue weighted by Gasteiger charge is -2.08. The molecule has 2 rings (SSSR count). The topological polar surface area (TPSA) is 37.3 Å². The van der Waals surface area contributed by atoms with Crippen LogP contribution in [0.1, 0.15) is 23.1 Å². The van der Waals surface area contributed by atoms with Crippen LogP contribution in [0, 0.1) is 0 Å². The Morgan fingerprint density at radius 1 is 0.889 bits per heavy atom. The molecule has 2 aromatic carbocycles. The molecule has 0 atom stereocenters. The molecule has 0 saturated heterocycles. The predicted molar refractivity (Wildman–Crippen MR) is 71.6 cm³/mol. The van der Waals surface area contributed by atoms with Gasteiger partial charge in [-0.2, -0.15) is 0 Å². The zero-order chi connectivity index (χ0) is 12.8. The van der Waals surface area contributed by atoms with Crippen molar-refractivity contribution in [3.8, 4) is 0 Å². The summed E-state index contributed by atoms with van der Waals surface area (Å²) in [5.41, 5.74) is 3.59. The highest BCUT2D eigenvalue weighted by Crippen LogP contribution is 2.15. The fourth-order valence-corrected chi connectivity index (χ4v) is 2.03. The van der Waals surface area contributed by atoms with E-state index in [1.807, 2.05) is 36.4 Å². The van der Waals surface area contributed by atoms with E-state index in [9.17, 15) is 4.79 Å². The fraction of sp³-hybridized carbons (Fsp3) is 0.188. The van der Waals surface area contributed by atoms with E-state index in [0.29, 0.717) is 6.42 Å². The van der Waals surface area contributed by atoms with Gasteiger partial charge in [0, 0.05) is 6.42 Å². The van der Waals surface area contributed by atoms with Gasteiger partial charge in [0.25, 0.3) is 0 Å². The standard InChI is InChI=1S/C16H16O2/c17-16(18)11-10-14-8-4-5-9-15(14)12-13-6-2-1-3-7-13/h1-9H,10-12H2,(H,17,18). The van der Waals surface area contributed by atoms with Crippen LogP contribution in [0.2, 0.25) is 0 Å². The summed E-state index contributed by atoms with van der Waals surface area (Å²) in [6.07, 6.45) is 1.64. The molecule has 1 N–H and O–H groups in total. The maximum absolute atomic E-state index is 10.6. The normalized spacial score (nSPS) is 10.2. The molecule has 0 fully saturated rings. The molecular formula is C16H16O2. The molecule has 2 aromatic rings. The Bertz CT molecular complexity index is 518. The zero-order valence-electron chi connectivity index (χ0n) is 10.2. The predicted octanol–water partition coefficient (Wildman–Crippen LogP) is 3.29. The molecule has 0 radical (unpaired) electrons. The first kappa shape index (κ1) is 12.4. The summed E-state index contributed by atoms with van der Waals surface area (Å²) in [5, 5.41) is 8.76. The lowest BCUT2D eigenvalue weighted by atomic mass is 9.97. The molecule has 0 bridgehead atoms. The third-order valence-corrected chi connectivity index (χ3v) is 2.96. The monoisotopic (exact) mass is 240 g/mol. The molecule has 0 unspecified atom stereocenters.